The maximum atomic E-state index is 14.2. The van der Waals surface area contributed by atoms with Crippen LogP contribution in [-0.2, 0) is 30.1 Å². The lowest BCUT2D eigenvalue weighted by Gasteiger charge is -2.61. The van der Waals surface area contributed by atoms with Crippen molar-refractivity contribution in [3.63, 3.8) is 0 Å². The van der Waals surface area contributed by atoms with Crippen LogP contribution < -0.4 is 0 Å². The summed E-state index contributed by atoms with van der Waals surface area (Å²) in [6.07, 6.45) is 25.9. The van der Waals surface area contributed by atoms with Crippen molar-refractivity contribution in [1.82, 2.24) is 0 Å². The van der Waals surface area contributed by atoms with Crippen molar-refractivity contribution in [2.45, 2.75) is 206 Å². The van der Waals surface area contributed by atoms with E-state index in [0.29, 0.717) is 58.8 Å². The number of fused-ring (bicyclic) bond motifs is 10. The normalized spacial score (nSPS) is 32.9. The Kier molecular flexibility index (Phi) is 20.0. The highest BCUT2D eigenvalue weighted by atomic mass is 16.5. The van der Waals surface area contributed by atoms with Crippen molar-refractivity contribution in [3.8, 4) is 0 Å². The molecular formula is C94H114O6. The fraction of sp³-hybridized carbons (Fsp3) is 0.532. The quantitative estimate of drug-likeness (QED) is 0.0383. The van der Waals surface area contributed by atoms with Crippen LogP contribution in [0.1, 0.15) is 237 Å². The Morgan fingerprint density at radius 2 is 0.680 bits per heavy atom. The monoisotopic (exact) mass is 1340 g/mol. The highest BCUT2D eigenvalue weighted by molar-refractivity contribution is 5.95. The molecule has 0 unspecified atom stereocenters. The van der Waals surface area contributed by atoms with Gasteiger partial charge in [0, 0.05) is 13.2 Å². The van der Waals surface area contributed by atoms with Gasteiger partial charge in [-0.15, -0.1) is 0 Å². The summed E-state index contributed by atoms with van der Waals surface area (Å²) in [5, 5.41) is 0. The second-order valence-corrected chi connectivity index (χ2v) is 34.4. The molecule has 0 bridgehead atoms. The lowest BCUT2D eigenvalue weighted by atomic mass is 9.44. The molecule has 0 N–H and O–H groups in total. The van der Waals surface area contributed by atoms with Gasteiger partial charge in [-0.2, -0.15) is 0 Å². The van der Waals surface area contributed by atoms with Gasteiger partial charge in [0.15, 0.2) is 0 Å². The van der Waals surface area contributed by atoms with E-state index in [1.807, 2.05) is 18.2 Å². The maximum Gasteiger partial charge on any atom is 0.338 e. The van der Waals surface area contributed by atoms with E-state index in [9.17, 15) is 9.59 Å². The molecule has 15 rings (SSSR count). The topological polar surface area (TPSA) is 71.1 Å². The molecule has 0 amide bonds. The Morgan fingerprint density at radius 1 is 0.370 bits per heavy atom. The average Bonchev–Trinajstić information content (AvgIpc) is 1.36. The fourth-order valence-corrected chi connectivity index (χ4v) is 25.0. The van der Waals surface area contributed by atoms with Gasteiger partial charge >= 0.3 is 11.9 Å². The molecule has 0 spiro atoms. The van der Waals surface area contributed by atoms with Crippen molar-refractivity contribution in [2.24, 2.45) is 92.7 Å². The van der Waals surface area contributed by atoms with Crippen molar-refractivity contribution in [1.29, 1.82) is 0 Å². The van der Waals surface area contributed by atoms with Crippen LogP contribution in [0.3, 0.4) is 0 Å². The third-order valence-corrected chi connectivity index (χ3v) is 30.0. The van der Waals surface area contributed by atoms with E-state index in [2.05, 4.69) is 224 Å². The molecule has 526 valence electrons. The first kappa shape index (κ1) is 69.1. The molecule has 7 aromatic carbocycles. The van der Waals surface area contributed by atoms with E-state index in [0.717, 1.165) is 98.7 Å². The number of hydrogen-bond donors (Lipinski definition) is 0. The van der Waals surface area contributed by atoms with Crippen LogP contribution in [-0.4, -0.2) is 37.4 Å². The molecular weight excluding hydrogens is 1230 g/mol. The minimum atomic E-state index is -0.679. The third-order valence-electron chi connectivity index (χ3n) is 30.0. The van der Waals surface area contributed by atoms with E-state index in [1.54, 1.807) is 6.07 Å². The summed E-state index contributed by atoms with van der Waals surface area (Å²) in [4.78, 5) is 28.3. The van der Waals surface area contributed by atoms with Gasteiger partial charge < -0.3 is 18.9 Å². The Bertz CT molecular complexity index is 3420. The zero-order chi connectivity index (χ0) is 68.7. The first-order chi connectivity index (χ1) is 48.7. The van der Waals surface area contributed by atoms with Crippen LogP contribution in [0.5, 0.6) is 0 Å². The van der Waals surface area contributed by atoms with Crippen LogP contribution in [0.25, 0.3) is 0 Å². The summed E-state index contributed by atoms with van der Waals surface area (Å²) in [5.41, 5.74) is 7.86. The first-order valence-electron chi connectivity index (χ1n) is 39.8. The fourth-order valence-electron chi connectivity index (χ4n) is 25.0. The standard InChI is InChI=1S/C94H114O6/c1-65(28-26-60-97-93(69-32-13-7-14-33-69,70-34-15-8-16-35-70)71-36-17-9-18-37-71)81-48-50-83-79-46-44-75-63-77(52-56-89(75,3)85(79)54-58-91(81,83)5)99-87(95)67-30-25-31-68(62-67)88(96)100-78-53-57-90(4)76(64-78)45-47-80-84-51-49-82(92(84,6)59-55-86(80)90)66(2)29-27-61-98-94(72-38-19-10-20-39-72,73-40-21-11-22-41-73)74-42-23-12-24-43-74/h7-25,30-43,62,65-66,75-86H,26-29,44-61,63-64H2,1-6H3/t65-,66-,75+,76+,77-,78-,79+,80+,81-,82-,83+,84+,85+,86+,89+,90+,91-,92-/m1/s1. The molecule has 0 heterocycles. The van der Waals surface area contributed by atoms with Crippen LogP contribution in [0.4, 0.5) is 0 Å². The highest BCUT2D eigenvalue weighted by Crippen LogP contribution is 2.71. The highest BCUT2D eigenvalue weighted by Gasteiger charge is 2.63. The van der Waals surface area contributed by atoms with Gasteiger partial charge in [0.05, 0.1) is 11.1 Å². The smallest absolute Gasteiger partial charge is 0.338 e. The van der Waals surface area contributed by atoms with Crippen molar-refractivity contribution in [3.05, 3.63) is 251 Å². The molecule has 8 aliphatic carbocycles. The summed E-state index contributed by atoms with van der Waals surface area (Å²) < 4.78 is 27.5. The predicted octanol–water partition coefficient (Wildman–Crippen LogP) is 22.9. The molecule has 8 fully saturated rings. The molecule has 100 heavy (non-hydrogen) atoms. The molecule has 0 aromatic heterocycles. The van der Waals surface area contributed by atoms with Crippen LogP contribution in [0, 0.1) is 92.7 Å². The summed E-state index contributed by atoms with van der Waals surface area (Å²) in [6.45, 7) is 17.2. The van der Waals surface area contributed by atoms with E-state index < -0.39 is 11.2 Å². The zero-order valence-corrected chi connectivity index (χ0v) is 61.1. The Morgan fingerprint density at radius 3 is 1.01 bits per heavy atom. The van der Waals surface area contributed by atoms with E-state index in [-0.39, 0.29) is 35.0 Å². The number of carbonyl (C=O) groups is 2. The molecule has 8 aliphatic rings. The number of esters is 2. The van der Waals surface area contributed by atoms with Crippen LogP contribution in [0.15, 0.2) is 206 Å². The first-order valence-corrected chi connectivity index (χ1v) is 39.8. The summed E-state index contributed by atoms with van der Waals surface area (Å²) >= 11 is 0. The summed E-state index contributed by atoms with van der Waals surface area (Å²) in [6, 6.07) is 72.2. The number of benzene rings is 7. The van der Waals surface area contributed by atoms with Gasteiger partial charge in [0.25, 0.3) is 0 Å². The van der Waals surface area contributed by atoms with Crippen molar-refractivity contribution < 1.29 is 28.5 Å². The van der Waals surface area contributed by atoms with Crippen molar-refractivity contribution >= 4 is 11.9 Å². The minimum Gasteiger partial charge on any atom is -0.459 e. The molecule has 7 aromatic rings. The zero-order valence-electron chi connectivity index (χ0n) is 61.1. The lowest BCUT2D eigenvalue weighted by Crippen LogP contribution is -2.54. The van der Waals surface area contributed by atoms with Gasteiger partial charge in [0.1, 0.15) is 23.4 Å². The van der Waals surface area contributed by atoms with Crippen LogP contribution in [0.2, 0.25) is 0 Å². The Balaban J connectivity index is 0.514. The third kappa shape index (κ3) is 12.6. The van der Waals surface area contributed by atoms with Gasteiger partial charge in [-0.25, -0.2) is 9.59 Å². The summed E-state index contributed by atoms with van der Waals surface area (Å²) in [5.74, 6) is 7.86. The number of ether oxygens (including phenoxy) is 4. The van der Waals surface area contributed by atoms with Crippen LogP contribution >= 0.6 is 0 Å². The largest absolute Gasteiger partial charge is 0.459 e. The maximum absolute atomic E-state index is 14.2. The number of hydrogen-bond acceptors (Lipinski definition) is 6. The molecule has 0 aliphatic heterocycles. The number of rotatable bonds is 22. The predicted molar refractivity (Wildman–Crippen MR) is 402 cm³/mol. The van der Waals surface area contributed by atoms with E-state index in [1.165, 1.54) is 123 Å². The second-order valence-electron chi connectivity index (χ2n) is 34.4. The van der Waals surface area contributed by atoms with Gasteiger partial charge in [-0.3, -0.25) is 0 Å². The molecule has 0 saturated heterocycles. The van der Waals surface area contributed by atoms with E-state index in [4.69, 9.17) is 18.9 Å². The molecule has 0 radical (unpaired) electrons. The Hall–Kier alpha value is -6.60. The molecule has 6 heteroatoms. The van der Waals surface area contributed by atoms with Gasteiger partial charge in [0.2, 0.25) is 0 Å². The SMILES string of the molecule is C[C@H](CCCOC(c1ccccc1)(c1ccccc1)c1ccccc1)[C@H]1CC[C@H]2[C@@H]3CC[C@H]4C[C@H](OC(=O)c5cccc(C(=O)O[C@@H]6CC[C@@]7(C)[C@@H](CC[C@@H]8[C@@H]7CC[C@]7(C)[C@@H]([C@H](C)CCCOC(c9ccccc9)(c9ccccc9)c9ccccc9)CC[C@@H]87)C6)c5)CC[C@]4(C)[C@H]3CC[C@]12C. The number of carbonyl (C=O) groups excluding carboxylic acids is 2. The molecule has 6 nitrogen and oxygen atoms in total. The minimum absolute atomic E-state index is 0.0989. The lowest BCUT2D eigenvalue weighted by molar-refractivity contribution is -0.130. The molecule has 18 atom stereocenters. The summed E-state index contributed by atoms with van der Waals surface area (Å²) in [7, 11) is 0. The second kappa shape index (κ2) is 28.9. The van der Waals surface area contributed by atoms with Gasteiger partial charge in [-0.05, 0) is 286 Å². The van der Waals surface area contributed by atoms with Crippen molar-refractivity contribution in [2.75, 3.05) is 13.2 Å². The Labute approximate surface area is 599 Å². The van der Waals surface area contributed by atoms with E-state index >= 15 is 0 Å². The average molecular weight is 1340 g/mol. The molecule has 8 saturated carbocycles. The van der Waals surface area contributed by atoms with Gasteiger partial charge in [-0.1, -0.05) is 230 Å².